The number of hydrogen-bond acceptors (Lipinski definition) is 3. The monoisotopic (exact) mass is 129 g/mol. The SMILES string of the molecule is ON=CC1CCOCC1. The van der Waals surface area contributed by atoms with Crippen molar-refractivity contribution in [2.75, 3.05) is 13.2 Å². The van der Waals surface area contributed by atoms with Crippen molar-refractivity contribution in [1.82, 2.24) is 0 Å². The summed E-state index contributed by atoms with van der Waals surface area (Å²) in [6, 6.07) is 0. The molecule has 1 fully saturated rings. The quantitative estimate of drug-likeness (QED) is 0.324. The van der Waals surface area contributed by atoms with Gasteiger partial charge in [-0.2, -0.15) is 0 Å². The number of hydrogen-bond donors (Lipinski definition) is 1. The van der Waals surface area contributed by atoms with Crippen LogP contribution in [0.5, 0.6) is 0 Å². The molecule has 3 heteroatoms. The smallest absolute Gasteiger partial charge is 0.0472 e. The van der Waals surface area contributed by atoms with Gasteiger partial charge in [-0.15, -0.1) is 5.16 Å². The molecule has 52 valence electrons. The first kappa shape index (κ1) is 6.55. The molecule has 0 amide bonds. The molecule has 0 atom stereocenters. The Morgan fingerprint density at radius 3 is 2.67 bits per heavy atom. The summed E-state index contributed by atoms with van der Waals surface area (Å²) < 4.78 is 5.10. The van der Waals surface area contributed by atoms with Gasteiger partial charge in [-0.25, -0.2) is 0 Å². The first-order chi connectivity index (χ1) is 4.43. The third kappa shape index (κ3) is 2.01. The van der Waals surface area contributed by atoms with E-state index in [-0.39, 0.29) is 0 Å². The summed E-state index contributed by atoms with van der Waals surface area (Å²) in [5.41, 5.74) is 0. The molecule has 0 aromatic heterocycles. The van der Waals surface area contributed by atoms with Crippen LogP contribution in [-0.4, -0.2) is 24.6 Å². The Morgan fingerprint density at radius 2 is 2.11 bits per heavy atom. The maximum absolute atomic E-state index is 8.15. The highest BCUT2D eigenvalue weighted by Crippen LogP contribution is 2.11. The zero-order valence-corrected chi connectivity index (χ0v) is 5.29. The number of oxime groups is 1. The van der Waals surface area contributed by atoms with Crippen molar-refractivity contribution in [3.63, 3.8) is 0 Å². The molecular weight excluding hydrogens is 118 g/mol. The van der Waals surface area contributed by atoms with Crippen LogP contribution in [0.4, 0.5) is 0 Å². The summed E-state index contributed by atoms with van der Waals surface area (Å²) in [7, 11) is 0. The van der Waals surface area contributed by atoms with Crippen molar-refractivity contribution in [2.45, 2.75) is 12.8 Å². The second-order valence-electron chi connectivity index (χ2n) is 2.21. The molecule has 0 aromatic carbocycles. The summed E-state index contributed by atoms with van der Waals surface area (Å²) in [6.45, 7) is 1.60. The van der Waals surface area contributed by atoms with E-state index in [1.165, 1.54) is 0 Å². The predicted octanol–water partition coefficient (Wildman–Crippen LogP) is 0.873. The topological polar surface area (TPSA) is 41.8 Å². The highest BCUT2D eigenvalue weighted by atomic mass is 16.5. The minimum absolute atomic E-state index is 0.434. The minimum Gasteiger partial charge on any atom is -0.411 e. The molecular formula is C6H11NO2. The Labute approximate surface area is 54.3 Å². The molecule has 0 aliphatic carbocycles. The van der Waals surface area contributed by atoms with Crippen molar-refractivity contribution < 1.29 is 9.94 Å². The second-order valence-corrected chi connectivity index (χ2v) is 2.21. The number of nitrogens with zero attached hydrogens (tertiary/aromatic N) is 1. The summed E-state index contributed by atoms with van der Waals surface area (Å²) in [5.74, 6) is 0.434. The van der Waals surface area contributed by atoms with Gasteiger partial charge in [0.2, 0.25) is 0 Å². The zero-order valence-electron chi connectivity index (χ0n) is 5.29. The average Bonchev–Trinajstić information content (AvgIpc) is 1.91. The van der Waals surface area contributed by atoms with Crippen LogP contribution in [0.1, 0.15) is 12.8 Å². The van der Waals surface area contributed by atoms with Crippen molar-refractivity contribution in [1.29, 1.82) is 0 Å². The van der Waals surface area contributed by atoms with Crippen molar-refractivity contribution >= 4 is 6.21 Å². The van der Waals surface area contributed by atoms with Crippen LogP contribution < -0.4 is 0 Å². The van der Waals surface area contributed by atoms with Crippen LogP contribution in [0.25, 0.3) is 0 Å². The summed E-state index contributed by atoms with van der Waals surface area (Å²) >= 11 is 0. The van der Waals surface area contributed by atoms with Gasteiger partial charge in [-0.05, 0) is 12.8 Å². The first-order valence-corrected chi connectivity index (χ1v) is 3.19. The molecule has 1 aliphatic rings. The van der Waals surface area contributed by atoms with Gasteiger partial charge in [0.15, 0.2) is 0 Å². The lowest BCUT2D eigenvalue weighted by Gasteiger charge is -2.16. The summed E-state index contributed by atoms with van der Waals surface area (Å²) in [4.78, 5) is 0. The van der Waals surface area contributed by atoms with Gasteiger partial charge >= 0.3 is 0 Å². The van der Waals surface area contributed by atoms with Crippen molar-refractivity contribution in [3.05, 3.63) is 0 Å². The van der Waals surface area contributed by atoms with E-state index in [9.17, 15) is 0 Å². The minimum atomic E-state index is 0.434. The van der Waals surface area contributed by atoms with Crippen LogP contribution in [0.3, 0.4) is 0 Å². The summed E-state index contributed by atoms with van der Waals surface area (Å²) in [5, 5.41) is 11.1. The van der Waals surface area contributed by atoms with Crippen LogP contribution >= 0.6 is 0 Å². The Bertz CT molecular complexity index is 97.2. The van der Waals surface area contributed by atoms with Crippen LogP contribution in [-0.2, 0) is 4.74 Å². The molecule has 0 saturated carbocycles. The van der Waals surface area contributed by atoms with Crippen molar-refractivity contribution in [3.8, 4) is 0 Å². The molecule has 0 radical (unpaired) electrons. The van der Waals surface area contributed by atoms with E-state index in [1.54, 1.807) is 6.21 Å². The van der Waals surface area contributed by atoms with Crippen LogP contribution in [0, 0.1) is 5.92 Å². The molecule has 1 N–H and O–H groups in total. The lowest BCUT2D eigenvalue weighted by atomic mass is 10.0. The van der Waals surface area contributed by atoms with E-state index < -0.39 is 0 Å². The molecule has 1 aliphatic heterocycles. The fraction of sp³-hybridized carbons (Fsp3) is 0.833. The third-order valence-electron chi connectivity index (χ3n) is 1.54. The maximum atomic E-state index is 8.15. The molecule has 0 bridgehead atoms. The van der Waals surface area contributed by atoms with Gasteiger partial charge < -0.3 is 9.94 Å². The van der Waals surface area contributed by atoms with Gasteiger partial charge in [-0.1, -0.05) is 0 Å². The van der Waals surface area contributed by atoms with Crippen LogP contribution in [0.2, 0.25) is 0 Å². The molecule has 0 aromatic rings. The number of ether oxygens (including phenoxy) is 1. The molecule has 3 nitrogen and oxygen atoms in total. The van der Waals surface area contributed by atoms with E-state index in [2.05, 4.69) is 5.16 Å². The van der Waals surface area contributed by atoms with E-state index in [0.717, 1.165) is 26.1 Å². The predicted molar refractivity (Wildman–Crippen MR) is 33.8 cm³/mol. The van der Waals surface area contributed by atoms with Crippen molar-refractivity contribution in [2.24, 2.45) is 11.1 Å². The molecule has 1 heterocycles. The average molecular weight is 129 g/mol. The lowest BCUT2D eigenvalue weighted by molar-refractivity contribution is 0.0832. The molecule has 9 heavy (non-hydrogen) atoms. The Morgan fingerprint density at radius 1 is 1.44 bits per heavy atom. The Hall–Kier alpha value is -0.570. The molecule has 0 unspecified atom stereocenters. The van der Waals surface area contributed by atoms with Gasteiger partial charge in [0.05, 0.1) is 0 Å². The fourth-order valence-corrected chi connectivity index (χ4v) is 0.959. The standard InChI is InChI=1S/C6H11NO2/c8-7-5-6-1-3-9-4-2-6/h5-6,8H,1-4H2. The third-order valence-corrected chi connectivity index (χ3v) is 1.54. The van der Waals surface area contributed by atoms with E-state index in [0.29, 0.717) is 5.92 Å². The van der Waals surface area contributed by atoms with Gasteiger partial charge in [0.25, 0.3) is 0 Å². The Kier molecular flexibility index (Phi) is 2.51. The molecule has 0 spiro atoms. The van der Waals surface area contributed by atoms with Gasteiger partial charge in [0, 0.05) is 25.3 Å². The summed E-state index contributed by atoms with van der Waals surface area (Å²) in [6.07, 6.45) is 3.57. The highest BCUT2D eigenvalue weighted by Gasteiger charge is 2.10. The maximum Gasteiger partial charge on any atom is 0.0472 e. The Balaban J connectivity index is 2.23. The van der Waals surface area contributed by atoms with E-state index >= 15 is 0 Å². The van der Waals surface area contributed by atoms with Crippen LogP contribution in [0.15, 0.2) is 5.16 Å². The normalized spacial score (nSPS) is 23.1. The first-order valence-electron chi connectivity index (χ1n) is 3.19. The van der Waals surface area contributed by atoms with E-state index in [4.69, 9.17) is 9.94 Å². The number of rotatable bonds is 1. The van der Waals surface area contributed by atoms with Gasteiger partial charge in [-0.3, -0.25) is 0 Å². The molecule has 1 saturated heterocycles. The lowest BCUT2D eigenvalue weighted by Crippen LogP contribution is -2.16. The fourth-order valence-electron chi connectivity index (χ4n) is 0.959. The van der Waals surface area contributed by atoms with Gasteiger partial charge in [0.1, 0.15) is 0 Å². The zero-order chi connectivity index (χ0) is 6.53. The highest BCUT2D eigenvalue weighted by molar-refractivity contribution is 5.59. The largest absolute Gasteiger partial charge is 0.411 e. The molecule has 1 rings (SSSR count). The second kappa shape index (κ2) is 3.45. The van der Waals surface area contributed by atoms with E-state index in [1.807, 2.05) is 0 Å².